The first-order valence-electron chi connectivity index (χ1n) is 7.04. The number of phenols is 1. The van der Waals surface area contributed by atoms with Crippen molar-refractivity contribution in [3.63, 3.8) is 0 Å². The molecule has 1 fully saturated rings. The molecule has 0 spiro atoms. The highest BCUT2D eigenvalue weighted by atomic mass is 32.1. The number of hydrogen-bond donors (Lipinski definition) is 3. The molecule has 1 aliphatic carbocycles. The van der Waals surface area contributed by atoms with Gasteiger partial charge in [-0.2, -0.15) is 5.10 Å². The summed E-state index contributed by atoms with van der Waals surface area (Å²) >= 11 is 5.25. The summed E-state index contributed by atoms with van der Waals surface area (Å²) in [6.45, 7) is 2.26. The maximum Gasteiger partial charge on any atom is 0.187 e. The number of phenolic OH excluding ortho intramolecular Hbond substituents is 1. The minimum absolute atomic E-state index is 0.249. The Hall–Kier alpha value is -1.62. The monoisotopic (exact) mass is 291 g/mol. The Morgan fingerprint density at radius 1 is 1.30 bits per heavy atom. The van der Waals surface area contributed by atoms with Crippen molar-refractivity contribution in [3.8, 4) is 5.75 Å². The van der Waals surface area contributed by atoms with Crippen LogP contribution < -0.4 is 10.7 Å². The molecule has 0 aromatic heterocycles. The number of thiocarbonyl (C=S) groups is 1. The summed E-state index contributed by atoms with van der Waals surface area (Å²) in [5.74, 6) is 0.906. The number of hydrogen-bond acceptors (Lipinski definition) is 3. The molecule has 1 aromatic rings. The van der Waals surface area contributed by atoms with E-state index in [2.05, 4.69) is 22.8 Å². The molecule has 0 aliphatic heterocycles. The van der Waals surface area contributed by atoms with E-state index in [0.29, 0.717) is 17.1 Å². The Balaban J connectivity index is 1.78. The lowest BCUT2D eigenvalue weighted by Crippen LogP contribution is -2.44. The lowest BCUT2D eigenvalue weighted by atomic mass is 9.86. The number of nitrogens with zero attached hydrogens (tertiary/aromatic N) is 1. The van der Waals surface area contributed by atoms with Crippen LogP contribution in [0.3, 0.4) is 0 Å². The van der Waals surface area contributed by atoms with E-state index in [0.717, 1.165) is 5.56 Å². The van der Waals surface area contributed by atoms with Gasteiger partial charge in [-0.3, -0.25) is 5.43 Å². The van der Waals surface area contributed by atoms with Gasteiger partial charge in [-0.25, -0.2) is 0 Å². The molecule has 4 nitrogen and oxygen atoms in total. The van der Waals surface area contributed by atoms with Gasteiger partial charge in [0.25, 0.3) is 0 Å². The molecule has 5 heteroatoms. The molecule has 0 unspecified atom stereocenters. The Morgan fingerprint density at radius 2 is 2.00 bits per heavy atom. The Bertz CT molecular complexity index is 473. The van der Waals surface area contributed by atoms with Crippen LogP contribution in [0.1, 0.15) is 38.2 Å². The summed E-state index contributed by atoms with van der Waals surface area (Å²) in [6.07, 6.45) is 6.69. The molecule has 0 amide bonds. The maximum atomic E-state index is 9.19. The lowest BCUT2D eigenvalue weighted by Gasteiger charge is -2.30. The Morgan fingerprint density at radius 3 is 2.70 bits per heavy atom. The van der Waals surface area contributed by atoms with Gasteiger partial charge in [0.2, 0.25) is 0 Å². The maximum absolute atomic E-state index is 9.19. The van der Waals surface area contributed by atoms with E-state index < -0.39 is 0 Å². The SMILES string of the molecule is C[C@H]1CCCC[C@H]1NC(=S)N/N=C/c1ccc(O)cc1. The number of hydrazone groups is 1. The predicted molar refractivity (Wildman–Crippen MR) is 86.0 cm³/mol. The molecular weight excluding hydrogens is 270 g/mol. The zero-order valence-electron chi connectivity index (χ0n) is 11.7. The third-order valence-electron chi connectivity index (χ3n) is 3.70. The third kappa shape index (κ3) is 4.49. The summed E-state index contributed by atoms with van der Waals surface area (Å²) < 4.78 is 0. The molecule has 0 heterocycles. The topological polar surface area (TPSA) is 56.7 Å². The van der Waals surface area contributed by atoms with E-state index in [4.69, 9.17) is 12.2 Å². The molecular formula is C15H21N3OS. The van der Waals surface area contributed by atoms with E-state index in [9.17, 15) is 5.11 Å². The highest BCUT2D eigenvalue weighted by Gasteiger charge is 2.21. The van der Waals surface area contributed by atoms with Crippen LogP contribution in [0.4, 0.5) is 0 Å². The van der Waals surface area contributed by atoms with E-state index in [1.54, 1.807) is 30.5 Å². The number of benzene rings is 1. The molecule has 20 heavy (non-hydrogen) atoms. The Labute approximate surface area is 125 Å². The van der Waals surface area contributed by atoms with Crippen LogP contribution in [0.5, 0.6) is 5.75 Å². The summed E-state index contributed by atoms with van der Waals surface area (Å²) in [4.78, 5) is 0. The molecule has 108 valence electrons. The molecule has 1 aliphatic rings. The van der Waals surface area contributed by atoms with Gasteiger partial charge in [0.15, 0.2) is 5.11 Å². The molecule has 2 atom stereocenters. The molecule has 0 bridgehead atoms. The van der Waals surface area contributed by atoms with Gasteiger partial charge >= 0.3 is 0 Å². The first-order valence-corrected chi connectivity index (χ1v) is 7.44. The molecule has 2 rings (SSSR count). The lowest BCUT2D eigenvalue weighted by molar-refractivity contribution is 0.308. The van der Waals surface area contributed by atoms with Crippen molar-refractivity contribution in [1.82, 2.24) is 10.7 Å². The van der Waals surface area contributed by atoms with Gasteiger partial charge < -0.3 is 10.4 Å². The van der Waals surface area contributed by atoms with E-state index in [1.165, 1.54) is 25.7 Å². The first kappa shape index (κ1) is 14.8. The van der Waals surface area contributed by atoms with Crippen LogP contribution in [-0.4, -0.2) is 22.5 Å². The fourth-order valence-corrected chi connectivity index (χ4v) is 2.66. The van der Waals surface area contributed by atoms with E-state index in [-0.39, 0.29) is 5.75 Å². The summed E-state index contributed by atoms with van der Waals surface area (Å²) in [5, 5.41) is 17.2. The zero-order valence-corrected chi connectivity index (χ0v) is 12.5. The standard InChI is InChI=1S/C15H21N3OS/c1-11-4-2-3-5-14(11)17-15(20)18-16-10-12-6-8-13(19)9-7-12/h6-11,14,19H,2-5H2,1H3,(H2,17,18,20)/b16-10+/t11-,14+/m0/s1. The normalized spacial score (nSPS) is 22.6. The smallest absolute Gasteiger partial charge is 0.187 e. The van der Waals surface area contributed by atoms with Gasteiger partial charge in [-0.1, -0.05) is 19.8 Å². The van der Waals surface area contributed by atoms with Crippen molar-refractivity contribution in [2.24, 2.45) is 11.0 Å². The zero-order chi connectivity index (χ0) is 14.4. The van der Waals surface area contributed by atoms with Crippen molar-refractivity contribution in [2.45, 2.75) is 38.6 Å². The fourth-order valence-electron chi connectivity index (χ4n) is 2.46. The quantitative estimate of drug-likeness (QED) is 0.455. The van der Waals surface area contributed by atoms with Crippen LogP contribution in [0.2, 0.25) is 0 Å². The number of aromatic hydroxyl groups is 1. The molecule has 3 N–H and O–H groups in total. The minimum Gasteiger partial charge on any atom is -0.508 e. The van der Waals surface area contributed by atoms with Crippen LogP contribution in [0.25, 0.3) is 0 Å². The van der Waals surface area contributed by atoms with Gasteiger partial charge in [0, 0.05) is 6.04 Å². The molecule has 0 saturated heterocycles. The van der Waals surface area contributed by atoms with Crippen LogP contribution in [0, 0.1) is 5.92 Å². The molecule has 1 saturated carbocycles. The van der Waals surface area contributed by atoms with Gasteiger partial charge in [0.05, 0.1) is 6.21 Å². The Kier molecular flexibility index (Phi) is 5.35. The summed E-state index contributed by atoms with van der Waals surface area (Å²) in [7, 11) is 0. The fraction of sp³-hybridized carbons (Fsp3) is 0.467. The highest BCUT2D eigenvalue weighted by Crippen LogP contribution is 2.23. The largest absolute Gasteiger partial charge is 0.508 e. The van der Waals surface area contributed by atoms with Gasteiger partial charge in [-0.05, 0) is 60.8 Å². The second-order valence-corrected chi connectivity index (χ2v) is 5.71. The van der Waals surface area contributed by atoms with Crippen molar-refractivity contribution in [3.05, 3.63) is 29.8 Å². The minimum atomic E-state index is 0.249. The van der Waals surface area contributed by atoms with Crippen LogP contribution in [0.15, 0.2) is 29.4 Å². The predicted octanol–water partition coefficient (Wildman–Crippen LogP) is 2.77. The average molecular weight is 291 g/mol. The van der Waals surface area contributed by atoms with Crippen LogP contribution >= 0.6 is 12.2 Å². The average Bonchev–Trinajstić information content (AvgIpc) is 2.44. The van der Waals surface area contributed by atoms with Crippen molar-refractivity contribution < 1.29 is 5.11 Å². The van der Waals surface area contributed by atoms with E-state index >= 15 is 0 Å². The first-order chi connectivity index (χ1) is 9.65. The number of rotatable bonds is 3. The summed E-state index contributed by atoms with van der Waals surface area (Å²) in [6, 6.07) is 7.29. The molecule has 1 aromatic carbocycles. The van der Waals surface area contributed by atoms with Gasteiger partial charge in [-0.15, -0.1) is 0 Å². The highest BCUT2D eigenvalue weighted by molar-refractivity contribution is 7.80. The summed E-state index contributed by atoms with van der Waals surface area (Å²) in [5.41, 5.74) is 3.75. The number of nitrogens with one attached hydrogen (secondary N) is 2. The van der Waals surface area contributed by atoms with Crippen molar-refractivity contribution >= 4 is 23.5 Å². The second-order valence-electron chi connectivity index (χ2n) is 5.30. The molecule has 0 radical (unpaired) electrons. The third-order valence-corrected chi connectivity index (χ3v) is 3.91. The van der Waals surface area contributed by atoms with Crippen molar-refractivity contribution in [1.29, 1.82) is 0 Å². The van der Waals surface area contributed by atoms with Crippen LogP contribution in [-0.2, 0) is 0 Å². The van der Waals surface area contributed by atoms with Crippen molar-refractivity contribution in [2.75, 3.05) is 0 Å². The van der Waals surface area contributed by atoms with Gasteiger partial charge in [0.1, 0.15) is 5.75 Å². The van der Waals surface area contributed by atoms with E-state index in [1.807, 2.05) is 0 Å². The second kappa shape index (κ2) is 7.24.